The van der Waals surface area contributed by atoms with Crippen molar-refractivity contribution in [2.75, 3.05) is 0 Å². The Hall–Kier alpha value is -1.38. The van der Waals surface area contributed by atoms with E-state index in [-0.39, 0.29) is 12.8 Å². The summed E-state index contributed by atoms with van der Waals surface area (Å²) in [5, 5.41) is 8.75. The van der Waals surface area contributed by atoms with Crippen LogP contribution in [-0.4, -0.2) is 16.7 Å². The standard InChI is InChI=1S/C11H11FO2/c12-11(10(13)14)6-5-8-3-1-2-4-9(8)7-11/h1-4H,5-7H2,(H,13,14). The molecule has 1 aliphatic rings. The van der Waals surface area contributed by atoms with Gasteiger partial charge >= 0.3 is 5.97 Å². The minimum atomic E-state index is -2.06. The van der Waals surface area contributed by atoms with Crippen LogP contribution in [-0.2, 0) is 17.6 Å². The normalized spacial score (nSPS) is 25.5. The Kier molecular flexibility index (Phi) is 2.02. The van der Waals surface area contributed by atoms with Crippen LogP contribution < -0.4 is 0 Å². The predicted molar refractivity (Wildman–Crippen MR) is 49.9 cm³/mol. The highest BCUT2D eigenvalue weighted by Gasteiger charge is 2.41. The van der Waals surface area contributed by atoms with Gasteiger partial charge in [0.15, 0.2) is 0 Å². The quantitative estimate of drug-likeness (QED) is 0.742. The van der Waals surface area contributed by atoms with E-state index in [1.54, 1.807) is 6.07 Å². The summed E-state index contributed by atoms with van der Waals surface area (Å²) < 4.78 is 13.8. The summed E-state index contributed by atoms with van der Waals surface area (Å²) in [6, 6.07) is 7.43. The summed E-state index contributed by atoms with van der Waals surface area (Å²) in [5.41, 5.74) is -0.167. The third kappa shape index (κ3) is 1.39. The molecule has 1 aliphatic carbocycles. The lowest BCUT2D eigenvalue weighted by Gasteiger charge is -2.27. The fourth-order valence-corrected chi connectivity index (χ4v) is 1.88. The number of fused-ring (bicyclic) bond motifs is 1. The van der Waals surface area contributed by atoms with Gasteiger partial charge in [0.2, 0.25) is 5.67 Å². The molecule has 74 valence electrons. The Morgan fingerprint density at radius 1 is 1.36 bits per heavy atom. The van der Waals surface area contributed by atoms with Gasteiger partial charge in [-0.05, 0) is 24.0 Å². The van der Waals surface area contributed by atoms with Crippen LogP contribution in [0.3, 0.4) is 0 Å². The molecule has 0 amide bonds. The molecule has 0 aromatic heterocycles. The lowest BCUT2D eigenvalue weighted by Crippen LogP contribution is -2.39. The van der Waals surface area contributed by atoms with E-state index in [0.717, 1.165) is 11.1 Å². The maximum Gasteiger partial charge on any atom is 0.341 e. The van der Waals surface area contributed by atoms with Crippen molar-refractivity contribution in [3.63, 3.8) is 0 Å². The molecular weight excluding hydrogens is 183 g/mol. The largest absolute Gasteiger partial charge is 0.479 e. The summed E-state index contributed by atoms with van der Waals surface area (Å²) in [7, 11) is 0. The number of alkyl halides is 1. The van der Waals surface area contributed by atoms with Gasteiger partial charge in [-0.25, -0.2) is 9.18 Å². The zero-order valence-corrected chi connectivity index (χ0v) is 7.66. The highest BCUT2D eigenvalue weighted by molar-refractivity contribution is 5.78. The SMILES string of the molecule is O=C(O)C1(F)CCc2ccccc2C1. The highest BCUT2D eigenvalue weighted by atomic mass is 19.1. The van der Waals surface area contributed by atoms with Crippen LogP contribution >= 0.6 is 0 Å². The van der Waals surface area contributed by atoms with Crippen molar-refractivity contribution in [3.8, 4) is 0 Å². The second-order valence-corrected chi connectivity index (χ2v) is 3.72. The third-order valence-electron chi connectivity index (χ3n) is 2.76. The molecule has 1 aromatic rings. The van der Waals surface area contributed by atoms with Crippen molar-refractivity contribution in [3.05, 3.63) is 35.4 Å². The van der Waals surface area contributed by atoms with Crippen LogP contribution in [0.1, 0.15) is 17.5 Å². The number of hydrogen-bond donors (Lipinski definition) is 1. The molecule has 0 fully saturated rings. The van der Waals surface area contributed by atoms with E-state index >= 15 is 0 Å². The van der Waals surface area contributed by atoms with Crippen LogP contribution in [0.2, 0.25) is 0 Å². The molecule has 0 spiro atoms. The average Bonchev–Trinajstić information content (AvgIpc) is 2.17. The third-order valence-corrected chi connectivity index (χ3v) is 2.76. The molecule has 2 rings (SSSR count). The molecule has 1 N–H and O–H groups in total. The molecule has 1 aromatic carbocycles. The Morgan fingerprint density at radius 2 is 2.00 bits per heavy atom. The number of carboxylic acid groups (broad SMARTS) is 1. The van der Waals surface area contributed by atoms with E-state index in [9.17, 15) is 9.18 Å². The Balaban J connectivity index is 2.34. The number of halogens is 1. The molecule has 14 heavy (non-hydrogen) atoms. The molecule has 0 bridgehead atoms. The number of rotatable bonds is 1. The van der Waals surface area contributed by atoms with Gasteiger partial charge in [0.25, 0.3) is 0 Å². The van der Waals surface area contributed by atoms with Gasteiger partial charge in [0.05, 0.1) is 0 Å². The number of aryl methyl sites for hydroxylation is 1. The number of hydrogen-bond acceptors (Lipinski definition) is 1. The Labute approximate surface area is 81.4 Å². The van der Waals surface area contributed by atoms with Crippen LogP contribution in [0, 0.1) is 0 Å². The summed E-state index contributed by atoms with van der Waals surface area (Å²) in [6.45, 7) is 0. The molecule has 1 unspecified atom stereocenters. The minimum absolute atomic E-state index is 0.00148. The van der Waals surface area contributed by atoms with Gasteiger partial charge in [0.1, 0.15) is 0 Å². The van der Waals surface area contributed by atoms with Crippen LogP contribution in [0.25, 0.3) is 0 Å². The number of aliphatic carboxylic acids is 1. The first-order valence-corrected chi connectivity index (χ1v) is 4.61. The maximum atomic E-state index is 13.8. The molecular formula is C11H11FO2. The van der Waals surface area contributed by atoms with Crippen molar-refractivity contribution in [2.24, 2.45) is 0 Å². The summed E-state index contributed by atoms with van der Waals surface area (Å²) >= 11 is 0. The Bertz CT molecular complexity index is 375. The van der Waals surface area contributed by atoms with Crippen LogP contribution in [0.4, 0.5) is 4.39 Å². The van der Waals surface area contributed by atoms with Crippen LogP contribution in [0.15, 0.2) is 24.3 Å². The first-order chi connectivity index (χ1) is 6.62. The first-order valence-electron chi connectivity index (χ1n) is 4.61. The molecule has 0 saturated carbocycles. The minimum Gasteiger partial charge on any atom is -0.479 e. The van der Waals surface area contributed by atoms with E-state index in [1.807, 2.05) is 18.2 Å². The maximum absolute atomic E-state index is 13.8. The highest BCUT2D eigenvalue weighted by Crippen LogP contribution is 2.31. The van der Waals surface area contributed by atoms with Gasteiger partial charge in [-0.3, -0.25) is 0 Å². The number of carboxylic acids is 1. The van der Waals surface area contributed by atoms with Gasteiger partial charge in [-0.15, -0.1) is 0 Å². The monoisotopic (exact) mass is 194 g/mol. The second-order valence-electron chi connectivity index (χ2n) is 3.72. The Morgan fingerprint density at radius 3 is 2.64 bits per heavy atom. The predicted octanol–water partition coefficient (Wildman–Crippen LogP) is 1.97. The summed E-state index contributed by atoms with van der Waals surface area (Å²) in [5.74, 6) is -1.34. The molecule has 1 atom stereocenters. The van der Waals surface area contributed by atoms with Crippen LogP contribution in [0.5, 0.6) is 0 Å². The lowest BCUT2D eigenvalue weighted by atomic mass is 9.82. The number of carbonyl (C=O) groups is 1. The van der Waals surface area contributed by atoms with Gasteiger partial charge in [0, 0.05) is 6.42 Å². The molecule has 2 nitrogen and oxygen atoms in total. The van der Waals surface area contributed by atoms with E-state index in [2.05, 4.69) is 0 Å². The van der Waals surface area contributed by atoms with E-state index in [4.69, 9.17) is 5.11 Å². The van der Waals surface area contributed by atoms with Crippen molar-refractivity contribution in [1.29, 1.82) is 0 Å². The lowest BCUT2D eigenvalue weighted by molar-refractivity contribution is -0.151. The van der Waals surface area contributed by atoms with Crippen molar-refractivity contribution < 1.29 is 14.3 Å². The van der Waals surface area contributed by atoms with Crippen molar-refractivity contribution in [2.45, 2.75) is 24.9 Å². The topological polar surface area (TPSA) is 37.3 Å². The molecule has 0 saturated heterocycles. The smallest absolute Gasteiger partial charge is 0.341 e. The molecule has 0 aliphatic heterocycles. The van der Waals surface area contributed by atoms with Gasteiger partial charge in [-0.1, -0.05) is 24.3 Å². The molecule has 0 heterocycles. The first kappa shape index (κ1) is 9.19. The van der Waals surface area contributed by atoms with Gasteiger partial charge in [-0.2, -0.15) is 0 Å². The second kappa shape index (κ2) is 3.08. The van der Waals surface area contributed by atoms with E-state index in [0.29, 0.717) is 6.42 Å². The van der Waals surface area contributed by atoms with Crippen molar-refractivity contribution in [1.82, 2.24) is 0 Å². The fourth-order valence-electron chi connectivity index (χ4n) is 1.88. The average molecular weight is 194 g/mol. The van der Waals surface area contributed by atoms with Crippen molar-refractivity contribution >= 4 is 5.97 Å². The van der Waals surface area contributed by atoms with E-state index < -0.39 is 11.6 Å². The zero-order chi connectivity index (χ0) is 10.2. The summed E-state index contributed by atoms with van der Waals surface area (Å²) in [6.07, 6.45) is 0.594. The fraction of sp³-hybridized carbons (Fsp3) is 0.364. The summed E-state index contributed by atoms with van der Waals surface area (Å²) in [4.78, 5) is 10.7. The van der Waals surface area contributed by atoms with Gasteiger partial charge < -0.3 is 5.11 Å². The molecule has 3 heteroatoms. The zero-order valence-electron chi connectivity index (χ0n) is 7.66. The molecule has 0 radical (unpaired) electrons. The number of benzene rings is 1. The van der Waals surface area contributed by atoms with E-state index in [1.165, 1.54) is 0 Å².